The summed E-state index contributed by atoms with van der Waals surface area (Å²) in [6.07, 6.45) is 1.69. The molecule has 5 N–H and O–H groups in total. The molecule has 2 saturated carbocycles. The third-order valence-electron chi connectivity index (χ3n) is 8.73. The molecular formula is C31H31ClF3N3O5S. The van der Waals surface area contributed by atoms with Gasteiger partial charge >= 0.3 is 0 Å². The van der Waals surface area contributed by atoms with Gasteiger partial charge in [0.15, 0.2) is 27.3 Å². The van der Waals surface area contributed by atoms with Crippen LogP contribution in [-0.2, 0) is 21.1 Å². The van der Waals surface area contributed by atoms with Crippen molar-refractivity contribution in [3.05, 3.63) is 94.3 Å². The van der Waals surface area contributed by atoms with Crippen molar-refractivity contribution in [2.24, 2.45) is 17.6 Å². The Labute approximate surface area is 257 Å². The largest absolute Gasteiger partial charge is 0.387 e. The van der Waals surface area contributed by atoms with Crippen molar-refractivity contribution in [1.82, 2.24) is 5.32 Å². The fraction of sp³-hybridized carbons (Fsp3) is 0.355. The topological polar surface area (TPSA) is 139 Å². The standard InChI is InChI=1S/C31H31ClF3N3O5S/c32-23-9-6-18(29(39)38-21-14-24(33)28(35)25(34)15-21)11-27(23)44(42,43)22-12-19-7-8-20(13-22)31(19,41)16-37-30(40)26(36)10-17-4-2-1-3-5-17/h1-6,9,11,14-15,19-20,22,26,41H,7-8,10,12-13,16,36H2,(H,37,40)(H,38,39)/t19-,20?,22-,26-,31-/m0/s1. The van der Waals surface area contributed by atoms with Gasteiger partial charge in [-0.3, -0.25) is 9.59 Å². The predicted molar refractivity (Wildman–Crippen MR) is 158 cm³/mol. The van der Waals surface area contributed by atoms with Gasteiger partial charge in [0, 0.05) is 29.9 Å². The molecular weight excluding hydrogens is 619 g/mol. The first-order valence-electron chi connectivity index (χ1n) is 14.1. The van der Waals surface area contributed by atoms with E-state index in [1.165, 1.54) is 12.1 Å². The lowest BCUT2D eigenvalue weighted by Gasteiger charge is -2.42. The van der Waals surface area contributed by atoms with E-state index in [1.54, 1.807) is 0 Å². The lowest BCUT2D eigenvalue weighted by Crippen LogP contribution is -2.56. The molecule has 2 fully saturated rings. The van der Waals surface area contributed by atoms with Crippen LogP contribution < -0.4 is 16.4 Å². The number of aliphatic hydroxyl groups is 1. The molecule has 13 heteroatoms. The van der Waals surface area contributed by atoms with Gasteiger partial charge in [-0.1, -0.05) is 41.9 Å². The molecule has 0 aliphatic heterocycles. The van der Waals surface area contributed by atoms with E-state index in [1.807, 2.05) is 30.3 Å². The summed E-state index contributed by atoms with van der Waals surface area (Å²) in [6, 6.07) is 13.2. The smallest absolute Gasteiger partial charge is 0.255 e. The zero-order chi connectivity index (χ0) is 31.8. The molecule has 2 bridgehead atoms. The maximum Gasteiger partial charge on any atom is 0.255 e. The Bertz CT molecular complexity index is 1650. The maximum atomic E-state index is 13.8. The van der Waals surface area contributed by atoms with E-state index in [2.05, 4.69) is 10.6 Å². The van der Waals surface area contributed by atoms with Gasteiger partial charge in [-0.25, -0.2) is 21.6 Å². The van der Waals surface area contributed by atoms with Crippen LogP contribution in [-0.4, -0.2) is 48.8 Å². The predicted octanol–water partition coefficient (Wildman–Crippen LogP) is 4.39. The Kier molecular flexibility index (Phi) is 9.08. The van der Waals surface area contributed by atoms with Gasteiger partial charge in [0.05, 0.1) is 26.8 Å². The maximum absolute atomic E-state index is 13.8. The fourth-order valence-electron chi connectivity index (χ4n) is 6.35. The zero-order valence-corrected chi connectivity index (χ0v) is 25.0. The highest BCUT2D eigenvalue weighted by Gasteiger charge is 2.55. The number of sulfone groups is 1. The Morgan fingerprint density at radius 1 is 1.00 bits per heavy atom. The summed E-state index contributed by atoms with van der Waals surface area (Å²) >= 11 is 6.28. The van der Waals surface area contributed by atoms with Crippen molar-refractivity contribution in [2.45, 2.75) is 53.9 Å². The number of hydrogen-bond donors (Lipinski definition) is 4. The third kappa shape index (κ3) is 6.35. The summed E-state index contributed by atoms with van der Waals surface area (Å²) in [7, 11) is -4.10. The number of hydrogen-bond acceptors (Lipinski definition) is 6. The number of amides is 2. The van der Waals surface area contributed by atoms with Gasteiger partial charge in [-0.2, -0.15) is 0 Å². The lowest BCUT2D eigenvalue weighted by atomic mass is 9.74. The minimum atomic E-state index is -4.10. The molecule has 0 saturated heterocycles. The van der Waals surface area contributed by atoms with Crippen molar-refractivity contribution in [1.29, 1.82) is 0 Å². The molecule has 0 aromatic heterocycles. The Morgan fingerprint density at radius 3 is 2.23 bits per heavy atom. The van der Waals surface area contributed by atoms with E-state index in [0.717, 1.165) is 11.6 Å². The highest BCUT2D eigenvalue weighted by molar-refractivity contribution is 7.92. The van der Waals surface area contributed by atoms with Gasteiger partial charge in [-0.15, -0.1) is 0 Å². The molecule has 5 rings (SSSR count). The molecule has 0 radical (unpaired) electrons. The minimum Gasteiger partial charge on any atom is -0.387 e. The van der Waals surface area contributed by atoms with E-state index in [4.69, 9.17) is 17.3 Å². The first kappa shape index (κ1) is 32.0. The molecule has 3 aromatic carbocycles. The minimum absolute atomic E-state index is 0.0581. The number of carbonyl (C=O) groups is 2. The summed E-state index contributed by atoms with van der Waals surface area (Å²) in [6.45, 7) is -0.0581. The molecule has 2 amide bonds. The average molecular weight is 650 g/mol. The third-order valence-corrected chi connectivity index (χ3v) is 11.4. The summed E-state index contributed by atoms with van der Waals surface area (Å²) < 4.78 is 68.1. The van der Waals surface area contributed by atoms with E-state index in [-0.39, 0.29) is 40.6 Å². The number of benzene rings is 3. The van der Waals surface area contributed by atoms with Gasteiger partial charge in [0.25, 0.3) is 5.91 Å². The Balaban J connectivity index is 1.27. The quantitative estimate of drug-likeness (QED) is 0.254. The second-order valence-electron chi connectivity index (χ2n) is 11.5. The van der Waals surface area contributed by atoms with Gasteiger partial charge in [-0.05, 0) is 67.7 Å². The van der Waals surface area contributed by atoms with E-state index in [9.17, 15) is 36.3 Å². The first-order chi connectivity index (χ1) is 20.8. The molecule has 2 aliphatic rings. The van der Waals surface area contributed by atoms with Crippen LogP contribution in [0.2, 0.25) is 5.02 Å². The van der Waals surface area contributed by atoms with Crippen LogP contribution in [0.5, 0.6) is 0 Å². The number of fused-ring (bicyclic) bond motifs is 2. The summed E-state index contributed by atoms with van der Waals surface area (Å²) in [4.78, 5) is 25.2. The molecule has 0 heterocycles. The van der Waals surface area contributed by atoms with Crippen molar-refractivity contribution in [3.63, 3.8) is 0 Å². The molecule has 234 valence electrons. The molecule has 8 nitrogen and oxygen atoms in total. The normalized spacial score (nSPS) is 23.6. The molecule has 1 unspecified atom stereocenters. The Morgan fingerprint density at radius 2 is 1.61 bits per heavy atom. The second kappa shape index (κ2) is 12.5. The molecule has 2 aliphatic carbocycles. The first-order valence-corrected chi connectivity index (χ1v) is 16.0. The van der Waals surface area contributed by atoms with Crippen molar-refractivity contribution in [2.75, 3.05) is 11.9 Å². The van der Waals surface area contributed by atoms with E-state index in [0.29, 0.717) is 31.4 Å². The molecule has 44 heavy (non-hydrogen) atoms. The number of halogens is 4. The van der Waals surface area contributed by atoms with Crippen LogP contribution in [0.15, 0.2) is 65.6 Å². The van der Waals surface area contributed by atoms with Gasteiger partial charge in [0.2, 0.25) is 5.91 Å². The second-order valence-corrected chi connectivity index (χ2v) is 14.1. The van der Waals surface area contributed by atoms with Crippen LogP contribution in [0.4, 0.5) is 18.9 Å². The monoisotopic (exact) mass is 649 g/mol. The summed E-state index contributed by atoms with van der Waals surface area (Å²) in [5, 5.41) is 15.6. The zero-order valence-electron chi connectivity index (χ0n) is 23.4. The van der Waals surface area contributed by atoms with Crippen molar-refractivity contribution in [3.8, 4) is 0 Å². The van der Waals surface area contributed by atoms with Crippen LogP contribution >= 0.6 is 11.6 Å². The highest BCUT2D eigenvalue weighted by Crippen LogP contribution is 2.52. The van der Waals surface area contributed by atoms with E-state index < -0.39 is 67.8 Å². The number of nitrogens with one attached hydrogen (secondary N) is 2. The summed E-state index contributed by atoms with van der Waals surface area (Å²) in [5.41, 5.74) is 5.17. The average Bonchev–Trinajstić information content (AvgIpc) is 3.13. The van der Waals surface area contributed by atoms with Crippen molar-refractivity contribution >= 4 is 38.9 Å². The SMILES string of the molecule is N[C@@H](Cc1ccccc1)C(=O)NC[C@@]1(O)C2CC[C@H]1C[C@H](S(=O)(=O)c1cc(C(=O)Nc3cc(F)c(F)c(F)c3)ccc1Cl)C2. The highest BCUT2D eigenvalue weighted by atomic mass is 35.5. The van der Waals surface area contributed by atoms with Crippen LogP contribution in [0.25, 0.3) is 0 Å². The molecule has 5 atom stereocenters. The van der Waals surface area contributed by atoms with Gasteiger partial charge < -0.3 is 21.5 Å². The van der Waals surface area contributed by atoms with Crippen LogP contribution in [0, 0.1) is 29.3 Å². The van der Waals surface area contributed by atoms with Gasteiger partial charge in [0.1, 0.15) is 0 Å². The number of carbonyl (C=O) groups excluding carboxylic acids is 2. The van der Waals surface area contributed by atoms with Crippen LogP contribution in [0.1, 0.15) is 41.6 Å². The molecule has 0 spiro atoms. The van der Waals surface area contributed by atoms with Crippen LogP contribution in [0.3, 0.4) is 0 Å². The lowest BCUT2D eigenvalue weighted by molar-refractivity contribution is -0.125. The number of nitrogens with two attached hydrogens (primary N) is 1. The van der Waals surface area contributed by atoms with E-state index >= 15 is 0 Å². The number of anilines is 1. The molecule has 3 aromatic rings. The Hall–Kier alpha value is -3.45. The fourth-order valence-corrected chi connectivity index (χ4v) is 8.75. The van der Waals surface area contributed by atoms with Crippen molar-refractivity contribution < 1.29 is 36.3 Å². The number of rotatable bonds is 9. The summed E-state index contributed by atoms with van der Waals surface area (Å²) in [5.74, 6) is -6.82.